The molecule has 10 heteroatoms. The van der Waals surface area contributed by atoms with Gasteiger partial charge in [0.25, 0.3) is 5.91 Å². The van der Waals surface area contributed by atoms with Crippen molar-refractivity contribution >= 4 is 28.4 Å². The van der Waals surface area contributed by atoms with Crippen LogP contribution in [0.3, 0.4) is 0 Å². The van der Waals surface area contributed by atoms with E-state index < -0.39 is 5.82 Å². The SMILES string of the molecule is COCc1cc2c(N3CCC(NC4CC4)CC3)ccc(C(=O)Nc3cc(F)c4nc(C)cn4c3)n2n1. The van der Waals surface area contributed by atoms with Gasteiger partial charge in [0.05, 0.1) is 34.9 Å². The third-order valence-electron chi connectivity index (χ3n) is 6.94. The first-order valence-electron chi connectivity index (χ1n) is 12.5. The molecule has 9 nitrogen and oxygen atoms in total. The normalized spacial score (nSPS) is 16.8. The minimum atomic E-state index is -0.498. The lowest BCUT2D eigenvalue weighted by molar-refractivity contribution is 0.101. The van der Waals surface area contributed by atoms with Crippen LogP contribution in [0.1, 0.15) is 47.6 Å². The average Bonchev–Trinajstić information content (AvgIpc) is 3.43. The lowest BCUT2D eigenvalue weighted by Gasteiger charge is -2.34. The zero-order valence-electron chi connectivity index (χ0n) is 20.5. The number of ether oxygens (including phenoxy) is 1. The van der Waals surface area contributed by atoms with E-state index in [-0.39, 0.29) is 11.6 Å². The van der Waals surface area contributed by atoms with Crippen LogP contribution in [0.4, 0.5) is 15.8 Å². The predicted molar refractivity (Wildman–Crippen MR) is 135 cm³/mol. The van der Waals surface area contributed by atoms with Crippen LogP contribution < -0.4 is 15.5 Å². The summed E-state index contributed by atoms with van der Waals surface area (Å²) in [7, 11) is 1.62. The van der Waals surface area contributed by atoms with E-state index >= 15 is 0 Å². The Balaban J connectivity index is 1.28. The molecule has 36 heavy (non-hydrogen) atoms. The summed E-state index contributed by atoms with van der Waals surface area (Å²) in [4.78, 5) is 19.8. The van der Waals surface area contributed by atoms with Crippen molar-refractivity contribution in [1.29, 1.82) is 0 Å². The number of anilines is 2. The fourth-order valence-corrected chi connectivity index (χ4v) is 5.08. The first-order chi connectivity index (χ1) is 17.5. The minimum absolute atomic E-state index is 0.227. The van der Waals surface area contributed by atoms with Gasteiger partial charge < -0.3 is 24.7 Å². The Hall–Kier alpha value is -3.50. The number of fused-ring (bicyclic) bond motifs is 2. The van der Waals surface area contributed by atoms with Crippen molar-refractivity contribution in [1.82, 2.24) is 24.3 Å². The van der Waals surface area contributed by atoms with Crippen molar-refractivity contribution in [3.05, 3.63) is 59.6 Å². The van der Waals surface area contributed by atoms with Crippen LogP contribution >= 0.6 is 0 Å². The van der Waals surface area contributed by atoms with E-state index in [9.17, 15) is 9.18 Å². The number of methoxy groups -OCH3 is 1. The predicted octanol–water partition coefficient (Wildman–Crippen LogP) is 3.55. The first kappa shape index (κ1) is 22.9. The molecule has 1 aliphatic carbocycles. The van der Waals surface area contributed by atoms with Gasteiger partial charge in [-0.1, -0.05) is 0 Å². The summed E-state index contributed by atoms with van der Waals surface area (Å²) in [6.07, 6.45) is 8.14. The van der Waals surface area contributed by atoms with Gasteiger partial charge in [-0.3, -0.25) is 4.79 Å². The molecule has 1 saturated carbocycles. The molecule has 4 aromatic rings. The molecule has 0 atom stereocenters. The molecule has 2 fully saturated rings. The number of hydrogen-bond donors (Lipinski definition) is 2. The Labute approximate surface area is 208 Å². The number of piperidine rings is 1. The van der Waals surface area contributed by atoms with E-state index in [0.717, 1.165) is 42.8 Å². The molecule has 1 amide bonds. The molecule has 1 saturated heterocycles. The maximum atomic E-state index is 14.5. The van der Waals surface area contributed by atoms with E-state index in [4.69, 9.17) is 4.74 Å². The zero-order chi connectivity index (χ0) is 24.8. The Morgan fingerprint density at radius 3 is 2.67 bits per heavy atom. The summed E-state index contributed by atoms with van der Waals surface area (Å²) in [5.74, 6) is -0.871. The van der Waals surface area contributed by atoms with Gasteiger partial charge >= 0.3 is 0 Å². The molecular formula is C26H30FN7O2. The second kappa shape index (κ2) is 9.18. The molecule has 2 aliphatic rings. The number of nitrogens with zero attached hydrogens (tertiary/aromatic N) is 5. The standard InChI is InChI=1S/C26H30FN7O2/c1-16-13-33-14-19(11-21(27)25(33)28-16)30-26(35)23-6-5-22(24-12-20(15-36-2)31-34(23)24)32-9-7-18(8-10-32)29-17-3-4-17/h5-6,11-14,17-18,29H,3-4,7-10,15H2,1-2H3,(H,30,35). The minimum Gasteiger partial charge on any atom is -0.378 e. The number of hydrogen-bond acceptors (Lipinski definition) is 6. The van der Waals surface area contributed by atoms with E-state index in [2.05, 4.69) is 25.6 Å². The Kier molecular flexibility index (Phi) is 5.85. The molecule has 6 rings (SSSR count). The summed E-state index contributed by atoms with van der Waals surface area (Å²) in [6, 6.07) is 8.31. The number of pyridine rings is 2. The van der Waals surface area contributed by atoms with Crippen molar-refractivity contribution in [3.8, 4) is 0 Å². The monoisotopic (exact) mass is 491 g/mol. The number of aryl methyl sites for hydroxylation is 1. The van der Waals surface area contributed by atoms with E-state index in [1.165, 1.54) is 18.9 Å². The van der Waals surface area contributed by atoms with Crippen LogP contribution in [-0.2, 0) is 11.3 Å². The average molecular weight is 492 g/mol. The number of halogens is 1. The number of rotatable bonds is 7. The maximum Gasteiger partial charge on any atom is 0.274 e. The van der Waals surface area contributed by atoms with Crippen LogP contribution in [0.2, 0.25) is 0 Å². The second-order valence-electron chi connectivity index (χ2n) is 9.82. The number of amides is 1. The summed E-state index contributed by atoms with van der Waals surface area (Å²) in [5.41, 5.74) is 4.28. The quantitative estimate of drug-likeness (QED) is 0.411. The van der Waals surface area contributed by atoms with E-state index in [1.807, 2.05) is 12.1 Å². The highest BCUT2D eigenvalue weighted by Gasteiger charge is 2.28. The van der Waals surface area contributed by atoms with Crippen molar-refractivity contribution < 1.29 is 13.9 Å². The molecule has 5 heterocycles. The molecule has 0 bridgehead atoms. The number of imidazole rings is 1. The highest BCUT2D eigenvalue weighted by Crippen LogP contribution is 2.29. The fraction of sp³-hybridized carbons (Fsp3) is 0.423. The third kappa shape index (κ3) is 4.42. The van der Waals surface area contributed by atoms with Gasteiger partial charge in [-0.05, 0) is 50.8 Å². The molecule has 4 aromatic heterocycles. The van der Waals surface area contributed by atoms with Crippen LogP contribution in [-0.4, -0.2) is 57.2 Å². The zero-order valence-corrected chi connectivity index (χ0v) is 20.5. The molecule has 1 aliphatic heterocycles. The van der Waals surface area contributed by atoms with Crippen LogP contribution in [0.25, 0.3) is 11.2 Å². The van der Waals surface area contributed by atoms with Gasteiger partial charge in [-0.2, -0.15) is 5.10 Å². The Morgan fingerprint density at radius 2 is 1.92 bits per heavy atom. The highest BCUT2D eigenvalue weighted by atomic mass is 19.1. The summed E-state index contributed by atoms with van der Waals surface area (Å²) < 4.78 is 23.1. The maximum absolute atomic E-state index is 14.5. The summed E-state index contributed by atoms with van der Waals surface area (Å²) in [6.45, 7) is 4.03. The topological polar surface area (TPSA) is 88.2 Å². The number of nitrogens with one attached hydrogen (secondary N) is 2. The lowest BCUT2D eigenvalue weighted by Crippen LogP contribution is -2.43. The van der Waals surface area contributed by atoms with Gasteiger partial charge in [0.1, 0.15) is 5.69 Å². The smallest absolute Gasteiger partial charge is 0.274 e. The molecule has 0 unspecified atom stereocenters. The van der Waals surface area contributed by atoms with Crippen molar-refractivity contribution in [2.75, 3.05) is 30.4 Å². The lowest BCUT2D eigenvalue weighted by atomic mass is 10.0. The van der Waals surface area contributed by atoms with Crippen LogP contribution in [0, 0.1) is 12.7 Å². The summed E-state index contributed by atoms with van der Waals surface area (Å²) >= 11 is 0. The first-order valence-corrected chi connectivity index (χ1v) is 12.5. The third-order valence-corrected chi connectivity index (χ3v) is 6.94. The van der Waals surface area contributed by atoms with Crippen molar-refractivity contribution in [3.63, 3.8) is 0 Å². The van der Waals surface area contributed by atoms with Gasteiger partial charge in [-0.25, -0.2) is 13.9 Å². The number of aromatic nitrogens is 4. The number of carbonyl (C=O) groups excluding carboxylic acids is 1. The highest BCUT2D eigenvalue weighted by molar-refractivity contribution is 6.04. The number of carbonyl (C=O) groups is 1. The van der Waals surface area contributed by atoms with E-state index in [0.29, 0.717) is 35.8 Å². The van der Waals surface area contributed by atoms with Crippen LogP contribution in [0.15, 0.2) is 36.7 Å². The molecule has 0 spiro atoms. The van der Waals surface area contributed by atoms with Gasteiger partial charge in [0.2, 0.25) is 0 Å². The molecule has 0 aromatic carbocycles. The van der Waals surface area contributed by atoms with Gasteiger partial charge in [-0.15, -0.1) is 0 Å². The summed E-state index contributed by atoms with van der Waals surface area (Å²) in [5, 5.41) is 11.2. The second-order valence-corrected chi connectivity index (χ2v) is 9.82. The Morgan fingerprint density at radius 1 is 1.14 bits per heavy atom. The van der Waals surface area contributed by atoms with Gasteiger partial charge in [0.15, 0.2) is 11.5 Å². The van der Waals surface area contributed by atoms with Crippen LogP contribution in [0.5, 0.6) is 0 Å². The fourth-order valence-electron chi connectivity index (χ4n) is 5.08. The molecule has 0 radical (unpaired) electrons. The molecule has 2 N–H and O–H groups in total. The van der Waals surface area contributed by atoms with Crippen molar-refractivity contribution in [2.45, 2.75) is 51.3 Å². The van der Waals surface area contributed by atoms with Gasteiger partial charge in [0, 0.05) is 50.7 Å². The molecule has 188 valence electrons. The molecular weight excluding hydrogens is 461 g/mol. The Bertz CT molecular complexity index is 1430. The largest absolute Gasteiger partial charge is 0.378 e. The van der Waals surface area contributed by atoms with Crippen molar-refractivity contribution in [2.24, 2.45) is 0 Å². The van der Waals surface area contributed by atoms with E-state index in [1.54, 1.807) is 41.4 Å².